The van der Waals surface area contributed by atoms with E-state index < -0.39 is 5.97 Å². The van der Waals surface area contributed by atoms with Crippen molar-refractivity contribution in [3.63, 3.8) is 0 Å². The predicted octanol–water partition coefficient (Wildman–Crippen LogP) is 4.74. The summed E-state index contributed by atoms with van der Waals surface area (Å²) in [5.74, 6) is -0.370. The van der Waals surface area contributed by atoms with Gasteiger partial charge < -0.3 is 10.4 Å². The van der Waals surface area contributed by atoms with Crippen molar-refractivity contribution in [3.05, 3.63) is 74.5 Å². The maximum atomic E-state index is 11.1. The van der Waals surface area contributed by atoms with Gasteiger partial charge in [-0.15, -0.1) is 11.8 Å². The third-order valence-corrected chi connectivity index (χ3v) is 5.37. The Morgan fingerprint density at radius 1 is 1.40 bits per heavy atom. The molecule has 1 aromatic heterocycles. The lowest BCUT2D eigenvalue weighted by Gasteiger charge is -2.12. The first kappa shape index (κ1) is 18.8. The highest BCUT2D eigenvalue weighted by atomic mass is 32.2. The minimum atomic E-state index is -0.942. The maximum Gasteiger partial charge on any atom is 0.335 e. The van der Waals surface area contributed by atoms with Crippen molar-refractivity contribution in [2.75, 3.05) is 7.05 Å². The quantitative estimate of drug-likeness (QED) is 0.544. The molecule has 6 heteroatoms. The number of hydrogen-bond donors (Lipinski definition) is 2. The fraction of sp³-hybridized carbons (Fsp3) is 0.158. The summed E-state index contributed by atoms with van der Waals surface area (Å²) in [6.07, 6.45) is 1.93. The fourth-order valence-electron chi connectivity index (χ4n) is 2.33. The van der Waals surface area contributed by atoms with Gasteiger partial charge in [0.1, 0.15) is 6.07 Å². The normalized spacial score (nSPS) is 12.3. The maximum absolute atomic E-state index is 11.1. The van der Waals surface area contributed by atoms with Crippen LogP contribution in [-0.4, -0.2) is 18.1 Å². The summed E-state index contributed by atoms with van der Waals surface area (Å²) >= 11 is 3.07. The van der Waals surface area contributed by atoms with E-state index in [9.17, 15) is 10.1 Å². The molecule has 4 nitrogen and oxygen atoms in total. The molecule has 0 saturated carbocycles. The van der Waals surface area contributed by atoms with Gasteiger partial charge >= 0.3 is 5.97 Å². The fourth-order valence-corrected chi connectivity index (χ4v) is 3.92. The lowest BCUT2D eigenvalue weighted by molar-refractivity contribution is 0.0697. The lowest BCUT2D eigenvalue weighted by Crippen LogP contribution is -2.07. The Morgan fingerprint density at radius 3 is 2.76 bits per heavy atom. The minimum absolute atomic E-state index is 0.265. The third kappa shape index (κ3) is 4.75. The molecular formula is C19H18N2O2S2. The van der Waals surface area contributed by atoms with Gasteiger partial charge in [0.2, 0.25) is 0 Å². The van der Waals surface area contributed by atoms with Crippen molar-refractivity contribution < 1.29 is 9.90 Å². The Hall–Kier alpha value is -2.49. The van der Waals surface area contributed by atoms with E-state index in [1.165, 1.54) is 11.8 Å². The summed E-state index contributed by atoms with van der Waals surface area (Å²) < 4.78 is 0. The van der Waals surface area contributed by atoms with Gasteiger partial charge in [-0.25, -0.2) is 4.79 Å². The van der Waals surface area contributed by atoms with Crippen molar-refractivity contribution in [1.29, 1.82) is 5.26 Å². The zero-order valence-electron chi connectivity index (χ0n) is 13.9. The Labute approximate surface area is 155 Å². The van der Waals surface area contributed by atoms with E-state index in [4.69, 9.17) is 5.11 Å². The number of rotatable bonds is 7. The molecule has 0 saturated heterocycles. The molecule has 0 radical (unpaired) electrons. The second-order valence-corrected chi connectivity index (χ2v) is 6.84. The summed E-state index contributed by atoms with van der Waals surface area (Å²) in [6.45, 7) is 1.92. The van der Waals surface area contributed by atoms with E-state index >= 15 is 0 Å². The average molecular weight is 370 g/mol. The number of allylic oxidation sites excluding steroid dienone is 3. The highest BCUT2D eigenvalue weighted by Gasteiger charge is 2.14. The first-order valence-electron chi connectivity index (χ1n) is 7.57. The molecule has 0 unspecified atom stereocenters. The van der Waals surface area contributed by atoms with Crippen LogP contribution in [0.1, 0.15) is 28.4 Å². The Bertz CT molecular complexity index is 847. The molecule has 0 aliphatic heterocycles. The van der Waals surface area contributed by atoms with Crippen molar-refractivity contribution in [2.45, 2.75) is 12.7 Å². The van der Waals surface area contributed by atoms with Crippen LogP contribution in [0.3, 0.4) is 0 Å². The first-order chi connectivity index (χ1) is 12.1. The molecule has 2 rings (SSSR count). The van der Waals surface area contributed by atoms with Crippen molar-refractivity contribution in [1.82, 2.24) is 5.32 Å². The van der Waals surface area contributed by atoms with Crippen LogP contribution in [0.2, 0.25) is 0 Å². The smallest absolute Gasteiger partial charge is 0.335 e. The molecule has 0 aliphatic carbocycles. The molecule has 1 aromatic carbocycles. The predicted molar refractivity (Wildman–Crippen MR) is 104 cm³/mol. The molecule has 0 fully saturated rings. The molecule has 2 N–H and O–H groups in total. The van der Waals surface area contributed by atoms with Crippen LogP contribution in [0.25, 0.3) is 5.57 Å². The Kier molecular flexibility index (Phi) is 6.87. The van der Waals surface area contributed by atoms with Gasteiger partial charge in [-0.2, -0.15) is 16.6 Å². The number of aromatic carboxylic acids is 1. The zero-order chi connectivity index (χ0) is 18.2. The third-order valence-electron chi connectivity index (χ3n) is 3.51. The summed E-state index contributed by atoms with van der Waals surface area (Å²) in [7, 11) is 1.79. The highest BCUT2D eigenvalue weighted by molar-refractivity contribution is 8.02. The van der Waals surface area contributed by atoms with Gasteiger partial charge in [-0.05, 0) is 52.6 Å². The number of nitriles is 1. The van der Waals surface area contributed by atoms with Crippen LogP contribution in [0.4, 0.5) is 0 Å². The molecular weight excluding hydrogens is 352 g/mol. The topological polar surface area (TPSA) is 73.1 Å². The van der Waals surface area contributed by atoms with Crippen LogP contribution >= 0.6 is 23.1 Å². The molecule has 128 valence electrons. The van der Waals surface area contributed by atoms with Crippen LogP contribution in [0.5, 0.6) is 0 Å². The lowest BCUT2D eigenvalue weighted by atomic mass is 10.0. The number of carboxylic acid groups (broad SMARTS) is 1. The first-order valence-corrected chi connectivity index (χ1v) is 9.50. The number of thiophene rings is 1. The zero-order valence-corrected chi connectivity index (χ0v) is 15.6. The molecule has 0 aliphatic rings. The van der Waals surface area contributed by atoms with Gasteiger partial charge in [0, 0.05) is 12.8 Å². The van der Waals surface area contributed by atoms with Crippen LogP contribution in [-0.2, 0) is 5.75 Å². The highest BCUT2D eigenvalue weighted by Crippen LogP contribution is 2.31. The van der Waals surface area contributed by atoms with Crippen molar-refractivity contribution in [2.24, 2.45) is 0 Å². The average Bonchev–Trinajstić information content (AvgIpc) is 3.15. The second-order valence-electron chi connectivity index (χ2n) is 5.07. The van der Waals surface area contributed by atoms with Crippen LogP contribution in [0.15, 0.2) is 57.8 Å². The van der Waals surface area contributed by atoms with Crippen molar-refractivity contribution in [3.8, 4) is 6.07 Å². The van der Waals surface area contributed by atoms with Gasteiger partial charge in [0.25, 0.3) is 0 Å². The number of hydrogen-bond acceptors (Lipinski definition) is 5. The monoisotopic (exact) mass is 370 g/mol. The molecule has 1 heterocycles. The molecule has 0 atom stereocenters. The number of thioether (sulfide) groups is 1. The van der Waals surface area contributed by atoms with Gasteiger partial charge in [-0.3, -0.25) is 0 Å². The number of carbonyl (C=O) groups is 1. The number of benzene rings is 1. The number of carboxylic acids is 1. The van der Waals surface area contributed by atoms with Gasteiger partial charge in [0.05, 0.1) is 16.2 Å². The molecule has 0 bridgehead atoms. The van der Waals surface area contributed by atoms with E-state index in [0.717, 1.165) is 21.7 Å². The van der Waals surface area contributed by atoms with E-state index in [0.29, 0.717) is 11.3 Å². The standard InChI is InChI=1S/C19H18N2O2S2/c1-3-16(15-7-8-24-12-15)17(10-20)18(21-2)25-11-13-5-4-6-14(9-13)19(22)23/h3-9,12,21H,11H2,1-2H3,(H,22,23)/b16-3-,18-17+. The van der Waals surface area contributed by atoms with E-state index in [1.54, 1.807) is 36.6 Å². The number of nitrogens with zero attached hydrogens (tertiary/aromatic N) is 1. The van der Waals surface area contributed by atoms with Gasteiger partial charge in [-0.1, -0.05) is 18.2 Å². The molecule has 25 heavy (non-hydrogen) atoms. The van der Waals surface area contributed by atoms with Crippen molar-refractivity contribution >= 4 is 34.6 Å². The summed E-state index contributed by atoms with van der Waals surface area (Å²) in [6, 6.07) is 11.1. The van der Waals surface area contributed by atoms with Crippen LogP contribution < -0.4 is 5.32 Å². The van der Waals surface area contributed by atoms with Crippen LogP contribution in [0, 0.1) is 11.3 Å². The Balaban J connectivity index is 2.27. The van der Waals surface area contributed by atoms with E-state index in [1.807, 2.05) is 35.9 Å². The molecule has 0 amide bonds. The second kappa shape index (κ2) is 9.11. The van der Waals surface area contributed by atoms with E-state index in [-0.39, 0.29) is 5.56 Å². The largest absolute Gasteiger partial charge is 0.478 e. The summed E-state index contributed by atoms with van der Waals surface area (Å²) in [5, 5.41) is 26.6. The SMILES string of the molecule is C/C=C(\C(C#N)=C(/NC)SCc1cccc(C(=O)O)c1)c1ccsc1. The molecule has 0 spiro atoms. The Morgan fingerprint density at radius 2 is 2.20 bits per heavy atom. The van der Waals surface area contributed by atoms with E-state index in [2.05, 4.69) is 11.4 Å². The van der Waals surface area contributed by atoms with Gasteiger partial charge in [0.15, 0.2) is 0 Å². The number of nitrogens with one attached hydrogen (secondary N) is 1. The summed E-state index contributed by atoms with van der Waals surface area (Å²) in [5.41, 5.74) is 3.65. The minimum Gasteiger partial charge on any atom is -0.478 e. The molecule has 2 aromatic rings. The summed E-state index contributed by atoms with van der Waals surface area (Å²) in [4.78, 5) is 11.1.